The lowest BCUT2D eigenvalue weighted by Gasteiger charge is -1.90. The standard InChI is InChI=1S/C11H13NO2S/c1-9(14)15-5-3-2-4-10-6-11(8-13)12-7-10/h2,4,6-8,12H,3,5H2,1H3. The summed E-state index contributed by atoms with van der Waals surface area (Å²) in [6.45, 7) is 1.57. The minimum absolute atomic E-state index is 0.147. The average Bonchev–Trinajstić information content (AvgIpc) is 2.65. The molecule has 0 amide bonds. The number of allylic oxidation sites excluding steroid dienone is 1. The van der Waals surface area contributed by atoms with Crippen LogP contribution in [-0.2, 0) is 4.79 Å². The molecule has 0 fully saturated rings. The maximum atomic E-state index is 10.6. The molecule has 0 saturated heterocycles. The van der Waals surface area contributed by atoms with Gasteiger partial charge in [0.05, 0.1) is 5.69 Å². The molecule has 3 nitrogen and oxygen atoms in total. The number of hydrogen-bond donors (Lipinski definition) is 1. The molecule has 4 heteroatoms. The smallest absolute Gasteiger partial charge is 0.185 e. The Labute approximate surface area is 93.0 Å². The van der Waals surface area contributed by atoms with Crippen molar-refractivity contribution < 1.29 is 9.59 Å². The molecule has 1 N–H and O–H groups in total. The van der Waals surface area contributed by atoms with E-state index in [1.165, 1.54) is 11.8 Å². The molecule has 1 aromatic rings. The van der Waals surface area contributed by atoms with E-state index in [0.717, 1.165) is 24.0 Å². The van der Waals surface area contributed by atoms with Gasteiger partial charge in [0.2, 0.25) is 0 Å². The third kappa shape index (κ3) is 4.65. The lowest BCUT2D eigenvalue weighted by atomic mass is 10.3. The molecular weight excluding hydrogens is 210 g/mol. The highest BCUT2D eigenvalue weighted by Gasteiger charge is 1.94. The zero-order chi connectivity index (χ0) is 11.1. The SMILES string of the molecule is CC(=O)SCCC=Cc1c[nH]c(C=O)c1. The third-order valence-electron chi connectivity index (χ3n) is 1.75. The number of thioether (sulfide) groups is 1. The number of carbonyl (C=O) groups excluding carboxylic acids is 2. The fourth-order valence-corrected chi connectivity index (χ4v) is 1.63. The van der Waals surface area contributed by atoms with Gasteiger partial charge in [-0.05, 0) is 18.1 Å². The van der Waals surface area contributed by atoms with Gasteiger partial charge in [-0.15, -0.1) is 0 Å². The summed E-state index contributed by atoms with van der Waals surface area (Å²) in [5, 5.41) is 0.147. The predicted octanol–water partition coefficient (Wildman–Crippen LogP) is 2.51. The van der Waals surface area contributed by atoms with E-state index < -0.39 is 0 Å². The van der Waals surface area contributed by atoms with E-state index >= 15 is 0 Å². The second kappa shape index (κ2) is 6.24. The van der Waals surface area contributed by atoms with Crippen molar-refractivity contribution in [2.75, 3.05) is 5.75 Å². The quantitative estimate of drug-likeness (QED) is 0.616. The molecule has 0 spiro atoms. The van der Waals surface area contributed by atoms with E-state index in [1.54, 1.807) is 19.2 Å². The number of aromatic nitrogens is 1. The van der Waals surface area contributed by atoms with Crippen LogP contribution in [0.2, 0.25) is 0 Å². The van der Waals surface area contributed by atoms with Gasteiger partial charge in [0, 0.05) is 18.9 Å². The van der Waals surface area contributed by atoms with Gasteiger partial charge in [-0.25, -0.2) is 0 Å². The first kappa shape index (κ1) is 11.8. The Hall–Kier alpha value is -1.29. The van der Waals surface area contributed by atoms with Gasteiger partial charge >= 0.3 is 0 Å². The topological polar surface area (TPSA) is 49.9 Å². The summed E-state index contributed by atoms with van der Waals surface area (Å²) >= 11 is 1.32. The van der Waals surface area contributed by atoms with Crippen LogP contribution in [0.15, 0.2) is 18.3 Å². The molecule has 0 aliphatic heterocycles. The van der Waals surface area contributed by atoms with Crippen LogP contribution in [0.5, 0.6) is 0 Å². The molecule has 15 heavy (non-hydrogen) atoms. The Kier molecular flexibility index (Phi) is 4.90. The van der Waals surface area contributed by atoms with Gasteiger partial charge in [0.1, 0.15) is 0 Å². The molecule has 1 rings (SSSR count). The zero-order valence-corrected chi connectivity index (χ0v) is 9.34. The van der Waals surface area contributed by atoms with E-state index in [1.807, 2.05) is 12.2 Å². The minimum atomic E-state index is 0.147. The van der Waals surface area contributed by atoms with Crippen LogP contribution in [-0.4, -0.2) is 22.1 Å². The van der Waals surface area contributed by atoms with Crippen LogP contribution >= 0.6 is 11.8 Å². The molecule has 0 bridgehead atoms. The first-order valence-electron chi connectivity index (χ1n) is 4.66. The summed E-state index contributed by atoms with van der Waals surface area (Å²) in [6, 6.07) is 1.78. The van der Waals surface area contributed by atoms with Gasteiger partial charge in [-0.3, -0.25) is 9.59 Å². The normalized spacial score (nSPS) is 10.7. The predicted molar refractivity (Wildman–Crippen MR) is 63.0 cm³/mol. The van der Waals surface area contributed by atoms with Crippen LogP contribution in [0.4, 0.5) is 0 Å². The Morgan fingerprint density at radius 1 is 1.60 bits per heavy atom. The van der Waals surface area contributed by atoms with Crippen molar-refractivity contribution in [3.8, 4) is 0 Å². The molecule has 0 atom stereocenters. The van der Waals surface area contributed by atoms with Crippen LogP contribution in [0, 0.1) is 0 Å². The highest BCUT2D eigenvalue weighted by Crippen LogP contribution is 2.07. The fraction of sp³-hybridized carbons (Fsp3) is 0.273. The van der Waals surface area contributed by atoms with Gasteiger partial charge < -0.3 is 4.98 Å². The highest BCUT2D eigenvalue weighted by molar-refractivity contribution is 8.13. The van der Waals surface area contributed by atoms with Crippen molar-refractivity contribution in [3.63, 3.8) is 0 Å². The zero-order valence-electron chi connectivity index (χ0n) is 8.53. The lowest BCUT2D eigenvalue weighted by Crippen LogP contribution is -1.83. The summed E-state index contributed by atoms with van der Waals surface area (Å²) in [7, 11) is 0. The van der Waals surface area contributed by atoms with Crippen LogP contribution in [0.1, 0.15) is 29.4 Å². The molecule has 0 radical (unpaired) electrons. The first-order chi connectivity index (χ1) is 7.22. The van der Waals surface area contributed by atoms with Gasteiger partial charge in [-0.2, -0.15) is 0 Å². The summed E-state index contributed by atoms with van der Waals surface area (Å²) < 4.78 is 0. The number of rotatable bonds is 5. The van der Waals surface area contributed by atoms with Crippen molar-refractivity contribution >= 4 is 29.2 Å². The molecule has 0 aliphatic rings. The van der Waals surface area contributed by atoms with Crippen molar-refractivity contribution in [3.05, 3.63) is 29.6 Å². The second-order valence-electron chi connectivity index (χ2n) is 3.04. The lowest BCUT2D eigenvalue weighted by molar-refractivity contribution is -0.109. The summed E-state index contributed by atoms with van der Waals surface area (Å²) in [5.74, 6) is 0.802. The number of carbonyl (C=O) groups is 2. The largest absolute Gasteiger partial charge is 0.358 e. The van der Waals surface area contributed by atoms with E-state index in [4.69, 9.17) is 0 Å². The molecule has 0 aliphatic carbocycles. The number of H-pyrrole nitrogens is 1. The van der Waals surface area contributed by atoms with E-state index in [-0.39, 0.29) is 5.12 Å². The van der Waals surface area contributed by atoms with Gasteiger partial charge in [0.25, 0.3) is 0 Å². The first-order valence-corrected chi connectivity index (χ1v) is 5.64. The maximum absolute atomic E-state index is 10.6. The number of nitrogens with one attached hydrogen (secondary N) is 1. The summed E-state index contributed by atoms with van der Waals surface area (Å²) in [5.41, 5.74) is 1.55. The van der Waals surface area contributed by atoms with Gasteiger partial charge in [0.15, 0.2) is 11.4 Å². The van der Waals surface area contributed by atoms with Crippen molar-refractivity contribution in [2.45, 2.75) is 13.3 Å². The fourth-order valence-electron chi connectivity index (χ4n) is 1.08. The molecule has 80 valence electrons. The van der Waals surface area contributed by atoms with E-state index in [0.29, 0.717) is 5.69 Å². The summed E-state index contributed by atoms with van der Waals surface area (Å²) in [6.07, 6.45) is 7.34. The molecule has 0 unspecified atom stereocenters. The molecule has 1 heterocycles. The maximum Gasteiger partial charge on any atom is 0.185 e. The molecule has 0 saturated carbocycles. The summed E-state index contributed by atoms with van der Waals surface area (Å²) in [4.78, 5) is 23.8. The number of aldehydes is 1. The third-order valence-corrected chi connectivity index (χ3v) is 2.60. The average molecular weight is 223 g/mol. The monoisotopic (exact) mass is 223 g/mol. The Balaban J connectivity index is 2.31. The van der Waals surface area contributed by atoms with E-state index in [9.17, 15) is 9.59 Å². The number of hydrogen-bond acceptors (Lipinski definition) is 3. The van der Waals surface area contributed by atoms with Crippen LogP contribution in [0.3, 0.4) is 0 Å². The molecule has 1 aromatic heterocycles. The number of aromatic amines is 1. The highest BCUT2D eigenvalue weighted by atomic mass is 32.2. The minimum Gasteiger partial charge on any atom is -0.358 e. The van der Waals surface area contributed by atoms with Crippen LogP contribution in [0.25, 0.3) is 6.08 Å². The van der Waals surface area contributed by atoms with E-state index in [2.05, 4.69) is 4.98 Å². The second-order valence-corrected chi connectivity index (χ2v) is 4.31. The Morgan fingerprint density at radius 2 is 2.40 bits per heavy atom. The van der Waals surface area contributed by atoms with Crippen molar-refractivity contribution in [1.29, 1.82) is 0 Å². The molecular formula is C11H13NO2S. The van der Waals surface area contributed by atoms with Crippen LogP contribution < -0.4 is 0 Å². The molecule has 0 aromatic carbocycles. The Bertz CT molecular complexity index is 368. The van der Waals surface area contributed by atoms with Gasteiger partial charge in [-0.1, -0.05) is 23.9 Å². The van der Waals surface area contributed by atoms with Crippen molar-refractivity contribution in [1.82, 2.24) is 4.98 Å². The van der Waals surface area contributed by atoms with Crippen molar-refractivity contribution in [2.24, 2.45) is 0 Å². The Morgan fingerprint density at radius 3 is 3.00 bits per heavy atom.